The van der Waals surface area contributed by atoms with E-state index in [1.165, 1.54) is 0 Å². The molecule has 4 heteroatoms. The van der Waals surface area contributed by atoms with Gasteiger partial charge in [0.25, 0.3) is 0 Å². The zero-order chi connectivity index (χ0) is 13.1. The van der Waals surface area contributed by atoms with E-state index in [9.17, 15) is 0 Å². The van der Waals surface area contributed by atoms with Crippen LogP contribution in [-0.2, 0) is 4.43 Å². The van der Waals surface area contributed by atoms with Crippen LogP contribution in [0.1, 0.15) is 40.0 Å². The maximum absolute atomic E-state index is 8.91. The molecule has 0 bridgehead atoms. The van der Waals surface area contributed by atoms with E-state index in [4.69, 9.17) is 9.53 Å². The Morgan fingerprint density at radius 3 is 2.35 bits per heavy atom. The van der Waals surface area contributed by atoms with Crippen molar-refractivity contribution in [1.82, 2.24) is 5.32 Å². The maximum atomic E-state index is 8.91. The van der Waals surface area contributed by atoms with E-state index in [0.29, 0.717) is 12.1 Å². The highest BCUT2D eigenvalue weighted by molar-refractivity contribution is 6.74. The van der Waals surface area contributed by atoms with Gasteiger partial charge in [0.05, 0.1) is 6.10 Å². The van der Waals surface area contributed by atoms with Crippen LogP contribution in [0.15, 0.2) is 0 Å². The van der Waals surface area contributed by atoms with E-state index in [1.54, 1.807) is 0 Å². The van der Waals surface area contributed by atoms with Gasteiger partial charge in [-0.25, -0.2) is 0 Å². The molecular weight excluding hydrogens is 230 g/mol. The minimum atomic E-state index is -1.62. The number of aliphatic hydroxyl groups excluding tert-OH is 1. The molecule has 17 heavy (non-hydrogen) atoms. The number of nitrogens with one attached hydrogen (secondary N) is 1. The van der Waals surface area contributed by atoms with Crippen molar-refractivity contribution in [3.8, 4) is 0 Å². The molecule has 0 spiro atoms. The molecular formula is C13H29NO2Si. The third-order valence-electron chi connectivity index (χ3n) is 4.22. The van der Waals surface area contributed by atoms with Gasteiger partial charge < -0.3 is 14.8 Å². The second-order valence-electron chi connectivity index (χ2n) is 6.69. The van der Waals surface area contributed by atoms with Crippen molar-refractivity contribution >= 4 is 8.32 Å². The summed E-state index contributed by atoms with van der Waals surface area (Å²) < 4.78 is 6.38. The molecule has 0 radical (unpaired) electrons. The van der Waals surface area contributed by atoms with Crippen LogP contribution in [0.25, 0.3) is 0 Å². The van der Waals surface area contributed by atoms with E-state index in [-0.39, 0.29) is 11.6 Å². The summed E-state index contributed by atoms with van der Waals surface area (Å²) in [5.41, 5.74) is 0. The lowest BCUT2D eigenvalue weighted by molar-refractivity contribution is 0.126. The van der Waals surface area contributed by atoms with Crippen molar-refractivity contribution < 1.29 is 9.53 Å². The molecule has 1 fully saturated rings. The zero-order valence-corrected chi connectivity index (χ0v) is 13.0. The fourth-order valence-electron chi connectivity index (χ4n) is 1.99. The van der Waals surface area contributed by atoms with Crippen molar-refractivity contribution in [3.05, 3.63) is 0 Å². The van der Waals surface area contributed by atoms with Crippen molar-refractivity contribution in [1.29, 1.82) is 0 Å². The first-order chi connectivity index (χ1) is 7.76. The highest BCUT2D eigenvalue weighted by Crippen LogP contribution is 2.38. The molecule has 102 valence electrons. The molecule has 0 amide bonds. The molecule has 0 unspecified atom stereocenters. The van der Waals surface area contributed by atoms with E-state index in [2.05, 4.69) is 39.2 Å². The van der Waals surface area contributed by atoms with Gasteiger partial charge in [-0.2, -0.15) is 0 Å². The summed E-state index contributed by atoms with van der Waals surface area (Å²) in [5, 5.41) is 12.7. The molecule has 2 atom stereocenters. The van der Waals surface area contributed by atoms with Crippen LogP contribution in [-0.4, -0.2) is 38.7 Å². The monoisotopic (exact) mass is 259 g/mol. The van der Waals surface area contributed by atoms with Gasteiger partial charge in [0.15, 0.2) is 8.32 Å². The quantitative estimate of drug-likeness (QED) is 0.762. The van der Waals surface area contributed by atoms with Gasteiger partial charge in [-0.15, -0.1) is 0 Å². The molecule has 0 aromatic rings. The lowest BCUT2D eigenvalue weighted by Gasteiger charge is -2.41. The smallest absolute Gasteiger partial charge is 0.192 e. The van der Waals surface area contributed by atoms with Gasteiger partial charge in [0.2, 0.25) is 0 Å². The first-order valence-corrected chi connectivity index (χ1v) is 9.69. The van der Waals surface area contributed by atoms with Crippen molar-refractivity contribution in [2.75, 3.05) is 13.2 Å². The fourth-order valence-corrected chi connectivity index (χ4v) is 3.37. The third kappa shape index (κ3) is 4.36. The van der Waals surface area contributed by atoms with Crippen LogP contribution < -0.4 is 5.32 Å². The molecule has 3 nitrogen and oxygen atoms in total. The summed E-state index contributed by atoms with van der Waals surface area (Å²) in [4.78, 5) is 0. The van der Waals surface area contributed by atoms with Crippen LogP contribution in [0.2, 0.25) is 18.1 Å². The summed E-state index contributed by atoms with van der Waals surface area (Å²) in [7, 11) is -1.62. The van der Waals surface area contributed by atoms with Gasteiger partial charge in [-0.3, -0.25) is 0 Å². The minimum absolute atomic E-state index is 0.283. The molecule has 0 saturated carbocycles. The predicted octanol–water partition coefficient (Wildman–Crippen LogP) is 2.51. The number of aliphatic hydroxyl groups is 1. The van der Waals surface area contributed by atoms with Crippen molar-refractivity contribution in [3.63, 3.8) is 0 Å². The van der Waals surface area contributed by atoms with E-state index in [1.807, 2.05) is 0 Å². The molecule has 2 N–H and O–H groups in total. The van der Waals surface area contributed by atoms with Crippen LogP contribution >= 0.6 is 0 Å². The average Bonchev–Trinajstić information content (AvgIpc) is 2.19. The van der Waals surface area contributed by atoms with E-state index >= 15 is 0 Å². The highest BCUT2D eigenvalue weighted by atomic mass is 28.4. The van der Waals surface area contributed by atoms with Gasteiger partial charge in [-0.1, -0.05) is 20.8 Å². The number of hydrogen-bond donors (Lipinski definition) is 2. The Hall–Kier alpha value is 0.0969. The molecule has 1 rings (SSSR count). The van der Waals surface area contributed by atoms with Gasteiger partial charge in [-0.05, 0) is 37.4 Å². The normalized spacial score (nSPS) is 27.2. The molecule has 0 aromatic carbocycles. The molecule has 1 saturated heterocycles. The summed E-state index contributed by atoms with van der Waals surface area (Å²) in [5.74, 6) is 0. The Kier molecular flexibility index (Phi) is 5.19. The number of rotatable bonds is 4. The predicted molar refractivity (Wildman–Crippen MR) is 74.8 cm³/mol. The van der Waals surface area contributed by atoms with Crippen LogP contribution in [0.3, 0.4) is 0 Å². The molecule has 1 heterocycles. The van der Waals surface area contributed by atoms with Crippen LogP contribution in [0.5, 0.6) is 0 Å². The summed E-state index contributed by atoms with van der Waals surface area (Å²) in [6.45, 7) is 12.7. The molecule has 1 aliphatic heterocycles. The zero-order valence-electron chi connectivity index (χ0n) is 12.0. The largest absolute Gasteiger partial charge is 0.413 e. The van der Waals surface area contributed by atoms with Crippen molar-refractivity contribution in [2.45, 2.75) is 70.3 Å². The lowest BCUT2D eigenvalue weighted by atomic mass is 10.0. The Balaban J connectivity index is 2.40. The Labute approximate surface area is 107 Å². The Morgan fingerprint density at radius 1 is 1.29 bits per heavy atom. The van der Waals surface area contributed by atoms with Crippen LogP contribution in [0, 0.1) is 0 Å². The second-order valence-corrected chi connectivity index (χ2v) is 11.5. The average molecular weight is 259 g/mol. The third-order valence-corrected chi connectivity index (χ3v) is 8.75. The summed E-state index contributed by atoms with van der Waals surface area (Å²) in [6.07, 6.45) is 3.49. The van der Waals surface area contributed by atoms with E-state index < -0.39 is 8.32 Å². The lowest BCUT2D eigenvalue weighted by Crippen LogP contribution is -2.50. The van der Waals surface area contributed by atoms with Crippen molar-refractivity contribution in [2.24, 2.45) is 0 Å². The molecule has 0 aromatic heterocycles. The SMILES string of the molecule is CC(C)(C)[Si](C)(C)O[C@H]1CC[C@H](CCO)NC1. The second kappa shape index (κ2) is 5.82. The standard InChI is InChI=1S/C13H29NO2Si/c1-13(2,3)17(4,5)16-12-7-6-11(8-9-15)14-10-12/h11-12,14-15H,6-10H2,1-5H3/t11-,12+/m1/s1. The summed E-state index contributed by atoms with van der Waals surface area (Å²) in [6, 6.07) is 0.485. The topological polar surface area (TPSA) is 41.5 Å². The first-order valence-electron chi connectivity index (χ1n) is 6.78. The van der Waals surface area contributed by atoms with E-state index in [0.717, 1.165) is 25.8 Å². The first kappa shape index (κ1) is 15.2. The minimum Gasteiger partial charge on any atom is -0.413 e. The van der Waals surface area contributed by atoms with Gasteiger partial charge >= 0.3 is 0 Å². The van der Waals surface area contributed by atoms with Gasteiger partial charge in [0, 0.05) is 19.2 Å². The maximum Gasteiger partial charge on any atom is 0.192 e. The number of hydrogen-bond acceptors (Lipinski definition) is 3. The summed E-state index contributed by atoms with van der Waals surface area (Å²) >= 11 is 0. The Bertz CT molecular complexity index is 230. The molecule has 0 aliphatic carbocycles. The fraction of sp³-hybridized carbons (Fsp3) is 1.00. The van der Waals surface area contributed by atoms with Crippen LogP contribution in [0.4, 0.5) is 0 Å². The van der Waals surface area contributed by atoms with Gasteiger partial charge in [0.1, 0.15) is 0 Å². The highest BCUT2D eigenvalue weighted by Gasteiger charge is 2.39. The Morgan fingerprint density at radius 2 is 1.94 bits per heavy atom. The molecule has 1 aliphatic rings. The number of piperidine rings is 1.